The van der Waals surface area contributed by atoms with Gasteiger partial charge in [0.2, 0.25) is 17.7 Å². The van der Waals surface area contributed by atoms with Crippen molar-refractivity contribution in [2.24, 2.45) is 5.92 Å². The molecule has 1 aromatic heterocycles. The molecule has 2 heterocycles. The molecule has 0 fully saturated rings. The van der Waals surface area contributed by atoms with Crippen LogP contribution in [0.15, 0.2) is 52.9 Å². The topological polar surface area (TPSA) is 106 Å². The van der Waals surface area contributed by atoms with Crippen LogP contribution in [-0.4, -0.2) is 54.5 Å². The van der Waals surface area contributed by atoms with E-state index in [1.807, 2.05) is 69.3 Å². The number of ether oxygens (including phenoxy) is 2. The summed E-state index contributed by atoms with van der Waals surface area (Å²) < 4.78 is 17.5. The number of carbonyl (C=O) groups is 2. The van der Waals surface area contributed by atoms with E-state index in [9.17, 15) is 9.59 Å². The van der Waals surface area contributed by atoms with Crippen LogP contribution < -0.4 is 20.1 Å². The van der Waals surface area contributed by atoms with Gasteiger partial charge in [0.1, 0.15) is 17.5 Å². The first-order valence-electron chi connectivity index (χ1n) is 12.9. The average molecular weight is 521 g/mol. The van der Waals surface area contributed by atoms with Gasteiger partial charge in [-0.1, -0.05) is 44.2 Å². The van der Waals surface area contributed by atoms with Gasteiger partial charge < -0.3 is 24.5 Å². The predicted octanol–water partition coefficient (Wildman–Crippen LogP) is 3.70. The Labute approximate surface area is 223 Å². The average Bonchev–Trinajstić information content (AvgIpc) is 3.28. The van der Waals surface area contributed by atoms with Crippen molar-refractivity contribution in [2.75, 3.05) is 26.8 Å². The van der Waals surface area contributed by atoms with Crippen molar-refractivity contribution in [3.05, 3.63) is 65.5 Å². The number of oxazole rings is 1. The van der Waals surface area contributed by atoms with Gasteiger partial charge in [-0.05, 0) is 43.0 Å². The molecule has 0 saturated carbocycles. The number of methoxy groups -OCH3 is 1. The summed E-state index contributed by atoms with van der Waals surface area (Å²) in [6.45, 7) is 7.65. The Morgan fingerprint density at radius 3 is 2.68 bits per heavy atom. The van der Waals surface area contributed by atoms with E-state index in [1.54, 1.807) is 7.11 Å². The van der Waals surface area contributed by atoms with Gasteiger partial charge >= 0.3 is 0 Å². The van der Waals surface area contributed by atoms with Crippen LogP contribution in [0.5, 0.6) is 11.5 Å². The smallest absolute Gasteiger partial charge is 0.243 e. The van der Waals surface area contributed by atoms with Crippen LogP contribution in [0.25, 0.3) is 11.5 Å². The summed E-state index contributed by atoms with van der Waals surface area (Å²) in [5.41, 5.74) is 2.48. The highest BCUT2D eigenvalue weighted by atomic mass is 16.5. The first-order chi connectivity index (χ1) is 18.3. The van der Waals surface area contributed by atoms with Crippen molar-refractivity contribution >= 4 is 11.8 Å². The lowest BCUT2D eigenvalue weighted by molar-refractivity contribution is -0.130. The fourth-order valence-electron chi connectivity index (χ4n) is 4.40. The number of benzene rings is 2. The van der Waals surface area contributed by atoms with E-state index in [0.29, 0.717) is 55.0 Å². The highest BCUT2D eigenvalue weighted by molar-refractivity contribution is 5.88. The van der Waals surface area contributed by atoms with Crippen LogP contribution in [0, 0.1) is 12.8 Å². The van der Waals surface area contributed by atoms with Crippen LogP contribution in [0.2, 0.25) is 0 Å². The molecule has 0 spiro atoms. The van der Waals surface area contributed by atoms with Crippen LogP contribution >= 0.6 is 0 Å². The first-order valence-corrected chi connectivity index (χ1v) is 12.9. The summed E-state index contributed by atoms with van der Waals surface area (Å²) in [5.74, 6) is 1.69. The van der Waals surface area contributed by atoms with Gasteiger partial charge in [-0.3, -0.25) is 14.5 Å². The normalized spacial score (nSPS) is 17.7. The minimum Gasteiger partial charge on any atom is -0.493 e. The van der Waals surface area contributed by atoms with E-state index in [1.165, 1.54) is 0 Å². The summed E-state index contributed by atoms with van der Waals surface area (Å²) in [5, 5.41) is 5.85. The third kappa shape index (κ3) is 6.92. The van der Waals surface area contributed by atoms with Gasteiger partial charge in [0.15, 0.2) is 11.5 Å². The lowest BCUT2D eigenvalue weighted by atomic mass is 10.0. The minimum absolute atomic E-state index is 0.0905. The Balaban J connectivity index is 1.61. The largest absolute Gasteiger partial charge is 0.493 e. The highest BCUT2D eigenvalue weighted by Gasteiger charge is 2.26. The molecule has 1 aliphatic rings. The van der Waals surface area contributed by atoms with E-state index in [2.05, 4.69) is 20.5 Å². The molecule has 3 aromatic rings. The summed E-state index contributed by atoms with van der Waals surface area (Å²) in [7, 11) is 1.60. The van der Waals surface area contributed by atoms with Gasteiger partial charge in [-0.15, -0.1) is 0 Å². The lowest BCUT2D eigenvalue weighted by Crippen LogP contribution is -2.51. The lowest BCUT2D eigenvalue weighted by Gasteiger charge is -2.25. The highest BCUT2D eigenvalue weighted by Crippen LogP contribution is 2.33. The second kappa shape index (κ2) is 12.6. The van der Waals surface area contributed by atoms with Gasteiger partial charge in [-0.2, -0.15) is 0 Å². The summed E-state index contributed by atoms with van der Waals surface area (Å²) in [6, 6.07) is 14.9. The molecule has 2 aromatic carbocycles. The number of hydrogen-bond donors (Lipinski definition) is 2. The first kappa shape index (κ1) is 27.2. The monoisotopic (exact) mass is 520 g/mol. The number of fused-ring (bicyclic) bond motifs is 5. The van der Waals surface area contributed by atoms with E-state index in [-0.39, 0.29) is 30.8 Å². The molecule has 0 aliphatic carbocycles. The molecule has 9 heteroatoms. The van der Waals surface area contributed by atoms with Gasteiger partial charge in [0.05, 0.1) is 26.8 Å². The summed E-state index contributed by atoms with van der Waals surface area (Å²) in [4.78, 5) is 32.8. The van der Waals surface area contributed by atoms with Crippen LogP contribution in [0.1, 0.15) is 37.3 Å². The van der Waals surface area contributed by atoms with Crippen LogP contribution in [0.4, 0.5) is 0 Å². The van der Waals surface area contributed by atoms with Gasteiger partial charge in [-0.25, -0.2) is 4.98 Å². The van der Waals surface area contributed by atoms with Crippen molar-refractivity contribution in [2.45, 2.75) is 46.3 Å². The number of rotatable bonds is 4. The van der Waals surface area contributed by atoms with Gasteiger partial charge in [0.25, 0.3) is 0 Å². The number of amides is 2. The number of aryl methyl sites for hydroxylation is 1. The van der Waals surface area contributed by atoms with Gasteiger partial charge in [0, 0.05) is 18.7 Å². The number of hydrogen-bond acceptors (Lipinski definition) is 7. The van der Waals surface area contributed by atoms with Crippen LogP contribution in [0.3, 0.4) is 0 Å². The number of nitrogens with one attached hydrogen (secondary N) is 2. The second-order valence-electron chi connectivity index (χ2n) is 9.79. The van der Waals surface area contributed by atoms with Crippen LogP contribution in [-0.2, 0) is 22.7 Å². The molecular formula is C29H36N4O5. The molecule has 1 atom stereocenters. The Bertz CT molecular complexity index is 1240. The summed E-state index contributed by atoms with van der Waals surface area (Å²) >= 11 is 0. The molecule has 4 bridgehead atoms. The number of aromatic nitrogens is 1. The predicted molar refractivity (Wildman–Crippen MR) is 144 cm³/mol. The minimum atomic E-state index is -0.667. The maximum absolute atomic E-state index is 13.1. The zero-order chi connectivity index (χ0) is 27.1. The zero-order valence-corrected chi connectivity index (χ0v) is 22.5. The molecule has 0 unspecified atom stereocenters. The van der Waals surface area contributed by atoms with Crippen molar-refractivity contribution in [1.29, 1.82) is 0 Å². The number of carbonyl (C=O) groups excluding carboxylic acids is 2. The van der Waals surface area contributed by atoms with Crippen molar-refractivity contribution < 1.29 is 23.5 Å². The Morgan fingerprint density at radius 1 is 1.16 bits per heavy atom. The third-order valence-electron chi connectivity index (χ3n) is 6.49. The molecule has 0 saturated heterocycles. The van der Waals surface area contributed by atoms with E-state index >= 15 is 0 Å². The fraction of sp³-hybridized carbons (Fsp3) is 0.414. The molecule has 2 amide bonds. The Hall–Kier alpha value is -3.85. The molecule has 4 rings (SSSR count). The molecule has 1 aliphatic heterocycles. The molecule has 2 N–H and O–H groups in total. The van der Waals surface area contributed by atoms with E-state index in [0.717, 1.165) is 11.1 Å². The second-order valence-corrected chi connectivity index (χ2v) is 9.79. The van der Waals surface area contributed by atoms with Crippen molar-refractivity contribution in [3.63, 3.8) is 0 Å². The van der Waals surface area contributed by atoms with E-state index < -0.39 is 6.04 Å². The SMILES string of the molecule is COc1ccc2cc1OCCCN(Cc1ccccc1)CC(=O)N[C@@H](C(C)C)C(=O)NCc1nc-2oc1C. The standard InChI is InChI=1S/C29H36N4O5/c1-19(2)27-28(35)30-16-23-20(3)38-29(31-23)22-11-12-24(36-4)25(15-22)37-14-8-13-33(18-26(34)32-27)17-21-9-6-5-7-10-21/h5-7,9-12,15,19,27H,8,13-14,16-18H2,1-4H3,(H,30,35)(H,32,34)/t27-/m0/s1. The molecular weight excluding hydrogens is 484 g/mol. The van der Waals surface area contributed by atoms with Crippen molar-refractivity contribution in [3.8, 4) is 23.0 Å². The zero-order valence-electron chi connectivity index (χ0n) is 22.5. The fourth-order valence-corrected chi connectivity index (χ4v) is 4.40. The Morgan fingerprint density at radius 2 is 1.95 bits per heavy atom. The molecule has 202 valence electrons. The Kier molecular flexibility index (Phi) is 9.02. The molecule has 9 nitrogen and oxygen atoms in total. The molecule has 0 radical (unpaired) electrons. The maximum atomic E-state index is 13.1. The quantitative estimate of drug-likeness (QED) is 0.540. The maximum Gasteiger partial charge on any atom is 0.243 e. The summed E-state index contributed by atoms with van der Waals surface area (Å²) in [6.07, 6.45) is 0.684. The molecule has 38 heavy (non-hydrogen) atoms. The number of nitrogens with zero attached hydrogens (tertiary/aromatic N) is 2. The van der Waals surface area contributed by atoms with E-state index in [4.69, 9.17) is 13.9 Å². The third-order valence-corrected chi connectivity index (χ3v) is 6.49. The van der Waals surface area contributed by atoms with Crippen molar-refractivity contribution in [1.82, 2.24) is 20.5 Å².